The number of carbonyl (C=O) groups is 1. The fourth-order valence-corrected chi connectivity index (χ4v) is 6.10. The standard InChI is InChI=1S/C36H33N7O4/c1-21-31-32(23-19-29(45-3)33(47-5)30(20-23)46-4)42-28-14-10-9-13-27(28)39-34(38-25-17-15-24(16-18-25)37-22(2)44)36(42)40-35(31)43(41-21)26-11-7-6-8-12-26/h6-20,32H,1-5H3,(H,37,44)(H,38,39). The third kappa shape index (κ3) is 5.21. The lowest BCUT2D eigenvalue weighted by Crippen LogP contribution is -2.46. The second-order valence-corrected chi connectivity index (χ2v) is 11.1. The van der Waals surface area contributed by atoms with Crippen LogP contribution in [0.25, 0.3) is 5.69 Å². The Kier molecular flexibility index (Phi) is 7.56. The van der Waals surface area contributed by atoms with Crippen LogP contribution in [0.5, 0.6) is 17.2 Å². The number of rotatable bonds is 7. The summed E-state index contributed by atoms with van der Waals surface area (Å²) in [4.78, 5) is 24.1. The topological polar surface area (TPSA) is 115 Å². The van der Waals surface area contributed by atoms with Crippen LogP contribution >= 0.6 is 0 Å². The first-order valence-corrected chi connectivity index (χ1v) is 15.1. The fraction of sp³-hybridized carbons (Fsp3) is 0.167. The molecule has 7 rings (SSSR count). The number of benzene rings is 4. The first-order chi connectivity index (χ1) is 22.9. The van der Waals surface area contributed by atoms with E-state index in [2.05, 4.69) is 15.5 Å². The number of fused-ring (bicyclic) bond motifs is 4. The SMILES string of the molecule is COc1cc(C2c3c(C)nn(-c4ccccc4)c3N=C3C(Nc4ccc(NC(C)=O)cc4)=Nc4ccccc4N32)cc(OC)c1OC. The number of carbonyl (C=O) groups excluding carboxylic acids is 1. The van der Waals surface area contributed by atoms with Gasteiger partial charge >= 0.3 is 0 Å². The van der Waals surface area contributed by atoms with Crippen molar-refractivity contribution < 1.29 is 19.0 Å². The average molecular weight is 628 g/mol. The number of nitrogens with zero attached hydrogens (tertiary/aromatic N) is 5. The number of methoxy groups -OCH3 is 3. The Morgan fingerprint density at radius 2 is 1.47 bits per heavy atom. The molecule has 1 amide bonds. The van der Waals surface area contributed by atoms with Crippen LogP contribution in [-0.2, 0) is 4.79 Å². The summed E-state index contributed by atoms with van der Waals surface area (Å²) in [7, 11) is 4.82. The molecule has 11 heteroatoms. The van der Waals surface area contributed by atoms with E-state index in [4.69, 9.17) is 29.3 Å². The van der Waals surface area contributed by atoms with E-state index in [9.17, 15) is 4.79 Å². The van der Waals surface area contributed by atoms with Crippen LogP contribution in [0, 0.1) is 6.92 Å². The largest absolute Gasteiger partial charge is 0.493 e. The van der Waals surface area contributed by atoms with Crippen molar-refractivity contribution in [2.24, 2.45) is 9.98 Å². The van der Waals surface area contributed by atoms with Crippen LogP contribution in [0.4, 0.5) is 28.6 Å². The highest BCUT2D eigenvalue weighted by Crippen LogP contribution is 2.50. The number of aromatic nitrogens is 2. The van der Waals surface area contributed by atoms with Crippen molar-refractivity contribution in [1.29, 1.82) is 0 Å². The van der Waals surface area contributed by atoms with Crippen molar-refractivity contribution in [2.75, 3.05) is 36.9 Å². The molecule has 1 unspecified atom stereocenters. The van der Waals surface area contributed by atoms with E-state index in [-0.39, 0.29) is 5.91 Å². The van der Waals surface area contributed by atoms with Crippen LogP contribution < -0.4 is 29.7 Å². The van der Waals surface area contributed by atoms with Gasteiger partial charge in [-0.05, 0) is 73.2 Å². The Bertz CT molecular complexity index is 2030. The van der Waals surface area contributed by atoms with Crippen LogP contribution in [-0.4, -0.2) is 48.7 Å². The molecule has 0 radical (unpaired) electrons. The summed E-state index contributed by atoms with van der Waals surface area (Å²) in [5.41, 5.74) is 6.67. The van der Waals surface area contributed by atoms with E-state index in [0.717, 1.165) is 39.6 Å². The van der Waals surface area contributed by atoms with Crippen LogP contribution in [0.1, 0.15) is 29.8 Å². The molecule has 0 spiro atoms. The van der Waals surface area contributed by atoms with Gasteiger partial charge in [0.25, 0.3) is 0 Å². The monoisotopic (exact) mass is 627 g/mol. The number of anilines is 3. The van der Waals surface area contributed by atoms with Gasteiger partial charge in [-0.25, -0.2) is 14.7 Å². The Balaban J connectivity index is 1.46. The minimum atomic E-state index is -0.403. The molecule has 1 aromatic heterocycles. The molecule has 2 aliphatic heterocycles. The third-order valence-corrected chi connectivity index (χ3v) is 8.11. The molecule has 47 heavy (non-hydrogen) atoms. The second kappa shape index (κ2) is 12.0. The van der Waals surface area contributed by atoms with Crippen LogP contribution in [0.2, 0.25) is 0 Å². The van der Waals surface area contributed by atoms with Gasteiger partial charge in [-0.15, -0.1) is 0 Å². The van der Waals surface area contributed by atoms with Crippen molar-refractivity contribution in [1.82, 2.24) is 9.78 Å². The van der Waals surface area contributed by atoms with Gasteiger partial charge in [0.1, 0.15) is 0 Å². The van der Waals surface area contributed by atoms with Crippen molar-refractivity contribution in [3.05, 3.63) is 108 Å². The zero-order valence-corrected chi connectivity index (χ0v) is 26.6. The summed E-state index contributed by atoms with van der Waals surface area (Å²) in [6.07, 6.45) is 0. The van der Waals surface area contributed by atoms with E-state index < -0.39 is 6.04 Å². The Morgan fingerprint density at radius 3 is 2.13 bits per heavy atom. The maximum Gasteiger partial charge on any atom is 0.221 e. The maximum absolute atomic E-state index is 11.6. The number of aryl methyl sites for hydroxylation is 1. The molecule has 3 heterocycles. The number of nitrogens with one attached hydrogen (secondary N) is 2. The molecule has 1 atom stereocenters. The molecule has 11 nitrogen and oxygen atoms in total. The fourth-order valence-electron chi connectivity index (χ4n) is 6.10. The molecule has 2 N–H and O–H groups in total. The lowest BCUT2D eigenvalue weighted by atomic mass is 9.92. The van der Waals surface area contributed by atoms with Gasteiger partial charge in [0.15, 0.2) is 29.0 Å². The average Bonchev–Trinajstić information content (AvgIpc) is 3.43. The van der Waals surface area contributed by atoms with Gasteiger partial charge in [-0.1, -0.05) is 30.3 Å². The van der Waals surface area contributed by atoms with E-state index in [0.29, 0.717) is 40.4 Å². The molecule has 0 bridgehead atoms. The molecule has 0 aliphatic carbocycles. The lowest BCUT2D eigenvalue weighted by Gasteiger charge is -2.40. The van der Waals surface area contributed by atoms with Gasteiger partial charge in [-0.2, -0.15) is 5.10 Å². The number of ether oxygens (including phenoxy) is 3. The Labute approximate surface area is 272 Å². The molecule has 2 aliphatic rings. The number of hydrogen-bond donors (Lipinski definition) is 2. The number of hydrogen-bond acceptors (Lipinski definition) is 9. The number of amidine groups is 2. The van der Waals surface area contributed by atoms with Crippen molar-refractivity contribution in [2.45, 2.75) is 19.9 Å². The second-order valence-electron chi connectivity index (χ2n) is 11.1. The summed E-state index contributed by atoms with van der Waals surface area (Å²) in [5, 5.41) is 11.3. The summed E-state index contributed by atoms with van der Waals surface area (Å²) in [6.45, 7) is 3.49. The third-order valence-electron chi connectivity index (χ3n) is 8.11. The molecule has 0 fully saturated rings. The highest BCUT2D eigenvalue weighted by molar-refractivity contribution is 6.51. The zero-order valence-electron chi connectivity index (χ0n) is 26.6. The highest BCUT2D eigenvalue weighted by atomic mass is 16.5. The van der Waals surface area contributed by atoms with E-state index in [1.165, 1.54) is 6.92 Å². The summed E-state index contributed by atoms with van der Waals surface area (Å²) in [5.74, 6) is 3.30. The number of amides is 1. The first-order valence-electron chi connectivity index (χ1n) is 15.1. The predicted molar refractivity (Wildman–Crippen MR) is 184 cm³/mol. The quantitative estimate of drug-likeness (QED) is 0.201. The highest BCUT2D eigenvalue weighted by Gasteiger charge is 2.42. The summed E-state index contributed by atoms with van der Waals surface area (Å²) < 4.78 is 19.2. The minimum Gasteiger partial charge on any atom is -0.493 e. The molecule has 236 valence electrons. The van der Waals surface area contributed by atoms with Gasteiger partial charge in [0.05, 0.1) is 50.1 Å². The minimum absolute atomic E-state index is 0.134. The number of aliphatic imine (C=N–C) groups is 2. The smallest absolute Gasteiger partial charge is 0.221 e. The van der Waals surface area contributed by atoms with Crippen LogP contribution in [0.3, 0.4) is 0 Å². The van der Waals surface area contributed by atoms with Crippen molar-refractivity contribution >= 4 is 46.1 Å². The molecular weight excluding hydrogens is 594 g/mol. The van der Waals surface area contributed by atoms with Crippen molar-refractivity contribution in [3.8, 4) is 22.9 Å². The van der Waals surface area contributed by atoms with Crippen molar-refractivity contribution in [3.63, 3.8) is 0 Å². The van der Waals surface area contributed by atoms with E-state index >= 15 is 0 Å². The predicted octanol–water partition coefficient (Wildman–Crippen LogP) is 6.96. The molecule has 4 aromatic carbocycles. The van der Waals surface area contributed by atoms with Gasteiger partial charge in [-0.3, -0.25) is 4.79 Å². The lowest BCUT2D eigenvalue weighted by molar-refractivity contribution is -0.114. The van der Waals surface area contributed by atoms with Gasteiger partial charge < -0.3 is 29.7 Å². The molecule has 0 saturated carbocycles. The first kappa shape index (κ1) is 29.6. The Hall–Kier alpha value is -6.10. The number of para-hydroxylation sites is 3. The summed E-state index contributed by atoms with van der Waals surface area (Å²) >= 11 is 0. The van der Waals surface area contributed by atoms with E-state index in [1.54, 1.807) is 21.3 Å². The van der Waals surface area contributed by atoms with Gasteiger partial charge in [0, 0.05) is 23.9 Å². The molecule has 5 aromatic rings. The van der Waals surface area contributed by atoms with Crippen LogP contribution in [0.15, 0.2) is 101 Å². The summed E-state index contributed by atoms with van der Waals surface area (Å²) in [6, 6.07) is 28.9. The molecular formula is C36H33N7O4. The Morgan fingerprint density at radius 1 is 0.809 bits per heavy atom. The maximum atomic E-state index is 11.6. The van der Waals surface area contributed by atoms with Gasteiger partial charge in [0.2, 0.25) is 11.7 Å². The zero-order chi connectivity index (χ0) is 32.7. The van der Waals surface area contributed by atoms with E-state index in [1.807, 2.05) is 103 Å². The normalized spacial score (nSPS) is 14.6. The molecule has 0 saturated heterocycles.